The number of hydrogen-bond acceptors (Lipinski definition) is 3. The molecule has 1 amide bonds. The third-order valence-corrected chi connectivity index (χ3v) is 2.74. The van der Waals surface area contributed by atoms with Gasteiger partial charge in [-0.2, -0.15) is 5.26 Å². The Balaban J connectivity index is 2.21. The van der Waals surface area contributed by atoms with Gasteiger partial charge in [0.2, 0.25) is 5.91 Å². The summed E-state index contributed by atoms with van der Waals surface area (Å²) in [5, 5.41) is 11.1. The highest BCUT2D eigenvalue weighted by atomic mass is 16.2. The number of rotatable bonds is 3. The van der Waals surface area contributed by atoms with Crippen LogP contribution >= 0.6 is 0 Å². The smallest absolute Gasteiger partial charge is 0.225 e. The molecule has 0 spiro atoms. The molecule has 0 saturated carbocycles. The van der Waals surface area contributed by atoms with E-state index in [4.69, 9.17) is 5.26 Å². The second-order valence-corrected chi connectivity index (χ2v) is 4.97. The van der Waals surface area contributed by atoms with Crippen LogP contribution in [0.25, 0.3) is 0 Å². The monoisotopic (exact) mass is 209 g/mol. The van der Waals surface area contributed by atoms with Gasteiger partial charge in [-0.3, -0.25) is 9.69 Å². The lowest BCUT2D eigenvalue weighted by Gasteiger charge is -2.46. The van der Waals surface area contributed by atoms with Crippen molar-refractivity contribution < 1.29 is 4.79 Å². The van der Waals surface area contributed by atoms with E-state index in [1.54, 1.807) is 0 Å². The fourth-order valence-corrected chi connectivity index (χ4v) is 1.58. The fraction of sp³-hybridized carbons (Fsp3) is 0.818. The quantitative estimate of drug-likeness (QED) is 0.698. The second-order valence-electron chi connectivity index (χ2n) is 4.97. The Morgan fingerprint density at radius 2 is 2.13 bits per heavy atom. The summed E-state index contributed by atoms with van der Waals surface area (Å²) in [6.45, 7) is 8.59. The molecule has 0 unspecified atom stereocenters. The molecule has 1 fully saturated rings. The zero-order chi connectivity index (χ0) is 11.5. The maximum atomic E-state index is 11.5. The standard InChI is InChI=1S/C11H19N3O/c1-11(2,3)14-7-9(8-14)10(15)13-6-4-5-12/h9H,4,6-8H2,1-3H3,(H,13,15). The maximum absolute atomic E-state index is 11.5. The first kappa shape index (κ1) is 12.0. The zero-order valence-corrected chi connectivity index (χ0v) is 9.71. The van der Waals surface area contributed by atoms with Gasteiger partial charge in [0.1, 0.15) is 0 Å². The Morgan fingerprint density at radius 1 is 1.53 bits per heavy atom. The number of carbonyl (C=O) groups is 1. The molecule has 1 saturated heterocycles. The first-order valence-electron chi connectivity index (χ1n) is 5.35. The normalized spacial score (nSPS) is 18.0. The molecule has 84 valence electrons. The lowest BCUT2D eigenvalue weighted by molar-refractivity contribution is -0.132. The highest BCUT2D eigenvalue weighted by Gasteiger charge is 2.37. The van der Waals surface area contributed by atoms with Crippen molar-refractivity contribution in [3.05, 3.63) is 0 Å². The number of nitrogens with one attached hydrogen (secondary N) is 1. The number of nitriles is 1. The zero-order valence-electron chi connectivity index (χ0n) is 9.71. The van der Waals surface area contributed by atoms with Crippen LogP contribution in [-0.4, -0.2) is 36.0 Å². The van der Waals surface area contributed by atoms with Gasteiger partial charge < -0.3 is 5.32 Å². The second kappa shape index (κ2) is 4.63. The molecule has 0 radical (unpaired) electrons. The molecule has 0 aromatic rings. The molecule has 4 nitrogen and oxygen atoms in total. The van der Waals surface area contributed by atoms with Crippen LogP contribution in [-0.2, 0) is 4.79 Å². The number of hydrogen-bond donors (Lipinski definition) is 1. The average molecular weight is 209 g/mol. The van der Waals surface area contributed by atoms with Gasteiger partial charge in [0, 0.05) is 25.2 Å². The van der Waals surface area contributed by atoms with Crippen molar-refractivity contribution in [2.24, 2.45) is 5.92 Å². The van der Waals surface area contributed by atoms with E-state index in [1.807, 2.05) is 6.07 Å². The SMILES string of the molecule is CC(C)(C)N1CC(C(=O)NCCC#N)C1. The van der Waals surface area contributed by atoms with Gasteiger partial charge in [-0.25, -0.2) is 0 Å². The largest absolute Gasteiger partial charge is 0.355 e. The Bertz CT molecular complexity index is 269. The summed E-state index contributed by atoms with van der Waals surface area (Å²) in [5.74, 6) is 0.202. The summed E-state index contributed by atoms with van der Waals surface area (Å²) in [5.41, 5.74) is 0.156. The van der Waals surface area contributed by atoms with Gasteiger partial charge in [0.15, 0.2) is 0 Å². The highest BCUT2D eigenvalue weighted by molar-refractivity contribution is 5.80. The topological polar surface area (TPSA) is 56.1 Å². The van der Waals surface area contributed by atoms with Gasteiger partial charge in [-0.15, -0.1) is 0 Å². The van der Waals surface area contributed by atoms with Crippen LogP contribution in [0, 0.1) is 17.2 Å². The maximum Gasteiger partial charge on any atom is 0.225 e. The molecule has 0 bridgehead atoms. The van der Waals surface area contributed by atoms with Crippen molar-refractivity contribution in [3.63, 3.8) is 0 Å². The molecule has 4 heteroatoms. The van der Waals surface area contributed by atoms with Crippen molar-refractivity contribution in [2.75, 3.05) is 19.6 Å². The molecular formula is C11H19N3O. The van der Waals surface area contributed by atoms with Crippen LogP contribution in [0.4, 0.5) is 0 Å². The summed E-state index contributed by atoms with van der Waals surface area (Å²) in [4.78, 5) is 13.8. The van der Waals surface area contributed by atoms with Crippen molar-refractivity contribution in [2.45, 2.75) is 32.7 Å². The average Bonchev–Trinajstić information content (AvgIpc) is 1.98. The molecule has 0 aromatic carbocycles. The van der Waals surface area contributed by atoms with E-state index in [-0.39, 0.29) is 17.4 Å². The molecule has 0 aliphatic carbocycles. The number of likely N-dealkylation sites (tertiary alicyclic amines) is 1. The van der Waals surface area contributed by atoms with E-state index in [0.29, 0.717) is 13.0 Å². The summed E-state index contributed by atoms with van der Waals surface area (Å²) in [6.07, 6.45) is 0.390. The Morgan fingerprint density at radius 3 is 2.60 bits per heavy atom. The third kappa shape index (κ3) is 3.21. The van der Waals surface area contributed by atoms with E-state index in [1.165, 1.54) is 0 Å². The van der Waals surface area contributed by atoms with Gasteiger partial charge in [-0.05, 0) is 20.8 Å². The fourth-order valence-electron chi connectivity index (χ4n) is 1.58. The summed E-state index contributed by atoms with van der Waals surface area (Å²) < 4.78 is 0. The predicted molar refractivity (Wildman–Crippen MR) is 58.1 cm³/mol. The van der Waals surface area contributed by atoms with Crippen molar-refractivity contribution in [3.8, 4) is 6.07 Å². The minimum absolute atomic E-state index is 0.0887. The summed E-state index contributed by atoms with van der Waals surface area (Å²) in [6, 6.07) is 2.01. The minimum Gasteiger partial charge on any atom is -0.355 e. The van der Waals surface area contributed by atoms with Crippen LogP contribution < -0.4 is 5.32 Å². The molecule has 1 aliphatic heterocycles. The molecular weight excluding hydrogens is 190 g/mol. The molecule has 1 aliphatic rings. The van der Waals surface area contributed by atoms with E-state index < -0.39 is 0 Å². The Labute approximate surface area is 91.2 Å². The van der Waals surface area contributed by atoms with E-state index >= 15 is 0 Å². The minimum atomic E-state index is 0.0887. The van der Waals surface area contributed by atoms with Gasteiger partial charge in [0.25, 0.3) is 0 Å². The van der Waals surface area contributed by atoms with Crippen molar-refractivity contribution >= 4 is 5.91 Å². The summed E-state index contributed by atoms with van der Waals surface area (Å²) >= 11 is 0. The first-order valence-corrected chi connectivity index (χ1v) is 5.35. The van der Waals surface area contributed by atoms with E-state index in [9.17, 15) is 4.79 Å². The molecule has 1 N–H and O–H groups in total. The van der Waals surface area contributed by atoms with Crippen LogP contribution in [0.5, 0.6) is 0 Å². The third-order valence-electron chi connectivity index (χ3n) is 2.74. The number of nitrogens with zero attached hydrogens (tertiary/aromatic N) is 2. The molecule has 1 heterocycles. The molecule has 0 aromatic heterocycles. The Kier molecular flexibility index (Phi) is 3.70. The van der Waals surface area contributed by atoms with Crippen molar-refractivity contribution in [1.29, 1.82) is 5.26 Å². The van der Waals surface area contributed by atoms with Crippen LogP contribution in [0.2, 0.25) is 0 Å². The van der Waals surface area contributed by atoms with Crippen molar-refractivity contribution in [1.82, 2.24) is 10.2 Å². The first-order chi connectivity index (χ1) is 6.95. The van der Waals surface area contributed by atoms with Gasteiger partial charge >= 0.3 is 0 Å². The summed E-state index contributed by atoms with van der Waals surface area (Å²) in [7, 11) is 0. The highest BCUT2D eigenvalue weighted by Crippen LogP contribution is 2.25. The lowest BCUT2D eigenvalue weighted by Crippen LogP contribution is -2.60. The van der Waals surface area contributed by atoms with Gasteiger partial charge in [-0.1, -0.05) is 0 Å². The molecule has 0 atom stereocenters. The Hall–Kier alpha value is -1.08. The number of amides is 1. The van der Waals surface area contributed by atoms with Crippen LogP contribution in [0.1, 0.15) is 27.2 Å². The van der Waals surface area contributed by atoms with Gasteiger partial charge in [0.05, 0.1) is 18.4 Å². The van der Waals surface area contributed by atoms with E-state index in [2.05, 4.69) is 31.0 Å². The molecule has 1 rings (SSSR count). The van der Waals surface area contributed by atoms with E-state index in [0.717, 1.165) is 13.1 Å². The lowest BCUT2D eigenvalue weighted by atomic mass is 9.92. The molecule has 15 heavy (non-hydrogen) atoms. The number of carbonyl (C=O) groups excluding carboxylic acids is 1. The predicted octanol–water partition coefficient (Wildman–Crippen LogP) is 0.747. The van der Waals surface area contributed by atoms with Crippen LogP contribution in [0.15, 0.2) is 0 Å². The van der Waals surface area contributed by atoms with Crippen LogP contribution in [0.3, 0.4) is 0 Å².